The molecule has 0 aliphatic heterocycles. The van der Waals surface area contributed by atoms with Crippen molar-refractivity contribution >= 4 is 11.6 Å². The Balaban J connectivity index is 1.64. The van der Waals surface area contributed by atoms with E-state index in [0.717, 1.165) is 12.3 Å². The number of nitrogens with zero attached hydrogens (tertiary/aromatic N) is 2. The van der Waals surface area contributed by atoms with Crippen molar-refractivity contribution in [2.24, 2.45) is 0 Å². The highest BCUT2D eigenvalue weighted by Gasteiger charge is 2.30. The number of amides is 1. The third-order valence-corrected chi connectivity index (χ3v) is 3.57. The first kappa shape index (κ1) is 16.9. The number of rotatable bonds is 4. The van der Waals surface area contributed by atoms with Crippen LogP contribution >= 0.6 is 0 Å². The summed E-state index contributed by atoms with van der Waals surface area (Å²) in [5.74, 6) is -0.674. The molecule has 1 N–H and O–H groups in total. The number of hydrogen-bond donors (Lipinski definition) is 1. The topological polar surface area (TPSA) is 46.4 Å². The van der Waals surface area contributed by atoms with E-state index in [1.165, 1.54) is 40.9 Å². The maximum atomic E-state index is 12.8. The number of benzene rings is 1. The first-order valence-electron chi connectivity index (χ1n) is 7.37. The quantitative estimate of drug-likeness (QED) is 0.733. The predicted octanol–water partition coefficient (Wildman–Crippen LogP) is 3.35. The van der Waals surface area contributed by atoms with E-state index in [4.69, 9.17) is 0 Å². The van der Waals surface area contributed by atoms with E-state index in [-0.39, 0.29) is 24.7 Å². The Morgan fingerprint density at radius 3 is 2.48 bits per heavy atom. The summed E-state index contributed by atoms with van der Waals surface area (Å²) in [5, 5.41) is 2.64. The highest BCUT2D eigenvalue weighted by atomic mass is 19.4. The molecule has 0 spiro atoms. The minimum Gasteiger partial charge on any atom is -0.350 e. The highest BCUT2D eigenvalue weighted by molar-refractivity contribution is 5.78. The molecule has 0 atom stereocenters. The summed E-state index contributed by atoms with van der Waals surface area (Å²) >= 11 is 0. The van der Waals surface area contributed by atoms with Gasteiger partial charge >= 0.3 is 6.18 Å². The average Bonchev–Trinajstić information content (AvgIpc) is 2.96. The van der Waals surface area contributed by atoms with Gasteiger partial charge in [-0.1, -0.05) is 12.1 Å². The number of carbonyl (C=O) groups excluding carboxylic acids is 1. The molecule has 2 heterocycles. The Bertz CT molecular complexity index is 900. The molecule has 0 saturated carbocycles. The number of hydrogen-bond acceptors (Lipinski definition) is 2. The van der Waals surface area contributed by atoms with Gasteiger partial charge in [0.05, 0.1) is 24.2 Å². The normalized spacial score (nSPS) is 11.7. The largest absolute Gasteiger partial charge is 0.417 e. The van der Waals surface area contributed by atoms with Gasteiger partial charge in [-0.05, 0) is 29.8 Å². The van der Waals surface area contributed by atoms with Gasteiger partial charge in [-0.3, -0.25) is 4.79 Å². The number of nitrogens with one attached hydrogen (secondary N) is 1. The van der Waals surface area contributed by atoms with Crippen LogP contribution in [0.5, 0.6) is 0 Å². The van der Waals surface area contributed by atoms with Crippen LogP contribution in [0.25, 0.3) is 5.65 Å². The molecule has 130 valence electrons. The van der Waals surface area contributed by atoms with Crippen LogP contribution in [-0.2, 0) is 23.9 Å². The Hall–Kier alpha value is -2.90. The number of imidazole rings is 1. The molecule has 3 rings (SSSR count). The van der Waals surface area contributed by atoms with Gasteiger partial charge in [-0.15, -0.1) is 0 Å². The van der Waals surface area contributed by atoms with Gasteiger partial charge in [0.25, 0.3) is 0 Å². The Morgan fingerprint density at radius 1 is 1.08 bits per heavy atom. The van der Waals surface area contributed by atoms with Crippen LogP contribution in [0.15, 0.2) is 48.8 Å². The van der Waals surface area contributed by atoms with Crippen LogP contribution < -0.4 is 5.32 Å². The van der Waals surface area contributed by atoms with Crippen LogP contribution in [0.2, 0.25) is 0 Å². The minimum absolute atomic E-state index is 0.0753. The zero-order valence-electron chi connectivity index (χ0n) is 12.8. The first-order valence-corrected chi connectivity index (χ1v) is 7.37. The van der Waals surface area contributed by atoms with E-state index in [0.29, 0.717) is 16.9 Å². The number of carbonyl (C=O) groups is 1. The maximum Gasteiger partial charge on any atom is 0.417 e. The SMILES string of the molecule is O=C(Cc1ccc(F)cc1)NCc1cn2cc(C(F)(F)F)ccc2n1. The van der Waals surface area contributed by atoms with E-state index >= 15 is 0 Å². The molecule has 8 heteroatoms. The summed E-state index contributed by atoms with van der Waals surface area (Å²) < 4.78 is 52.2. The van der Waals surface area contributed by atoms with Gasteiger partial charge in [0.1, 0.15) is 11.5 Å². The van der Waals surface area contributed by atoms with E-state index in [9.17, 15) is 22.4 Å². The van der Waals surface area contributed by atoms with Gasteiger partial charge in [-0.25, -0.2) is 9.37 Å². The van der Waals surface area contributed by atoms with Crippen LogP contribution in [0.1, 0.15) is 16.8 Å². The molecule has 4 nitrogen and oxygen atoms in total. The summed E-state index contributed by atoms with van der Waals surface area (Å²) in [5.41, 5.74) is 0.676. The molecule has 0 unspecified atom stereocenters. The first-order chi connectivity index (χ1) is 11.8. The average molecular weight is 351 g/mol. The van der Waals surface area contributed by atoms with Crippen molar-refractivity contribution in [1.82, 2.24) is 14.7 Å². The summed E-state index contributed by atoms with van der Waals surface area (Å²) in [4.78, 5) is 16.0. The molecule has 0 bridgehead atoms. The van der Waals surface area contributed by atoms with Gasteiger partial charge in [0.2, 0.25) is 5.91 Å². The van der Waals surface area contributed by atoms with Crippen molar-refractivity contribution in [1.29, 1.82) is 0 Å². The van der Waals surface area contributed by atoms with E-state index in [2.05, 4.69) is 10.3 Å². The lowest BCUT2D eigenvalue weighted by molar-refractivity contribution is -0.137. The molecule has 0 aliphatic carbocycles. The zero-order chi connectivity index (χ0) is 18.0. The lowest BCUT2D eigenvalue weighted by Crippen LogP contribution is -2.24. The third kappa shape index (κ3) is 4.14. The van der Waals surface area contributed by atoms with Crippen molar-refractivity contribution in [3.8, 4) is 0 Å². The Kier molecular flexibility index (Phi) is 4.43. The fourth-order valence-corrected chi connectivity index (χ4v) is 2.34. The molecule has 1 amide bonds. The Labute approximate surface area is 140 Å². The van der Waals surface area contributed by atoms with E-state index in [1.54, 1.807) is 0 Å². The highest BCUT2D eigenvalue weighted by Crippen LogP contribution is 2.29. The number of fused-ring (bicyclic) bond motifs is 1. The minimum atomic E-state index is -4.43. The maximum absolute atomic E-state index is 12.8. The van der Waals surface area contributed by atoms with Crippen LogP contribution in [0, 0.1) is 5.82 Å². The molecule has 25 heavy (non-hydrogen) atoms. The molecular weight excluding hydrogens is 338 g/mol. The number of halogens is 4. The fourth-order valence-electron chi connectivity index (χ4n) is 2.34. The second kappa shape index (κ2) is 6.54. The second-order valence-electron chi connectivity index (χ2n) is 5.49. The standard InChI is InChI=1S/C17H13F4N3O/c18-13-4-1-11(2-5-13)7-16(25)22-8-14-10-24-9-12(17(19,20)21)3-6-15(24)23-14/h1-6,9-10H,7-8H2,(H,22,25). The number of aromatic nitrogens is 2. The van der Waals surface area contributed by atoms with E-state index in [1.807, 2.05) is 0 Å². The van der Waals surface area contributed by atoms with Gasteiger partial charge in [0, 0.05) is 12.4 Å². The summed E-state index contributed by atoms with van der Waals surface area (Å²) in [6.45, 7) is 0.0864. The number of pyridine rings is 1. The summed E-state index contributed by atoms with van der Waals surface area (Å²) in [6.07, 6.45) is -1.97. The van der Waals surface area contributed by atoms with Crippen molar-refractivity contribution in [3.63, 3.8) is 0 Å². The molecule has 0 saturated heterocycles. The van der Waals surface area contributed by atoms with Crippen molar-refractivity contribution in [2.45, 2.75) is 19.1 Å². The molecule has 1 aromatic carbocycles. The molecule has 0 radical (unpaired) electrons. The molecule has 0 aliphatic rings. The monoisotopic (exact) mass is 351 g/mol. The zero-order valence-corrected chi connectivity index (χ0v) is 12.8. The van der Waals surface area contributed by atoms with Gasteiger partial charge in [0.15, 0.2) is 0 Å². The fraction of sp³-hybridized carbons (Fsp3) is 0.176. The molecular formula is C17H13F4N3O. The Morgan fingerprint density at radius 2 is 1.80 bits per heavy atom. The number of alkyl halides is 3. The van der Waals surface area contributed by atoms with Crippen molar-refractivity contribution in [3.05, 3.63) is 71.4 Å². The molecule has 3 aromatic rings. The van der Waals surface area contributed by atoms with E-state index < -0.39 is 11.7 Å². The van der Waals surface area contributed by atoms with Crippen LogP contribution in [-0.4, -0.2) is 15.3 Å². The predicted molar refractivity (Wildman–Crippen MR) is 82.1 cm³/mol. The van der Waals surface area contributed by atoms with Gasteiger partial charge in [-0.2, -0.15) is 13.2 Å². The summed E-state index contributed by atoms with van der Waals surface area (Å²) in [7, 11) is 0. The molecule has 0 fully saturated rings. The third-order valence-electron chi connectivity index (χ3n) is 3.57. The second-order valence-corrected chi connectivity index (χ2v) is 5.49. The van der Waals surface area contributed by atoms with Crippen molar-refractivity contribution < 1.29 is 22.4 Å². The summed E-state index contributed by atoms with van der Waals surface area (Å²) in [6, 6.07) is 7.79. The lowest BCUT2D eigenvalue weighted by Gasteiger charge is -2.05. The lowest BCUT2D eigenvalue weighted by atomic mass is 10.1. The smallest absolute Gasteiger partial charge is 0.350 e. The van der Waals surface area contributed by atoms with Crippen LogP contribution in [0.4, 0.5) is 17.6 Å². The van der Waals surface area contributed by atoms with Crippen molar-refractivity contribution in [2.75, 3.05) is 0 Å². The van der Waals surface area contributed by atoms with Gasteiger partial charge < -0.3 is 9.72 Å². The van der Waals surface area contributed by atoms with Crippen LogP contribution in [0.3, 0.4) is 0 Å². The molecule has 2 aromatic heterocycles.